The number of imidazole rings is 1. The number of aromatic nitrogens is 3. The van der Waals surface area contributed by atoms with E-state index in [4.69, 9.17) is 10.6 Å². The van der Waals surface area contributed by atoms with Gasteiger partial charge in [-0.1, -0.05) is 5.16 Å². The highest BCUT2D eigenvalue weighted by Crippen LogP contribution is 2.43. The molecule has 0 bridgehead atoms. The Labute approximate surface area is 238 Å². The van der Waals surface area contributed by atoms with Gasteiger partial charge in [0, 0.05) is 49.4 Å². The van der Waals surface area contributed by atoms with Crippen LogP contribution in [0.25, 0.3) is 0 Å². The van der Waals surface area contributed by atoms with E-state index in [0.29, 0.717) is 18.3 Å². The number of quaternary nitrogens is 1. The highest BCUT2D eigenvalue weighted by atomic mass is 32.2. The van der Waals surface area contributed by atoms with Crippen molar-refractivity contribution in [2.24, 2.45) is 12.2 Å². The fraction of sp³-hybridized carbons (Fsp3) is 0.520. The Morgan fingerprint density at radius 2 is 2.10 bits per heavy atom. The molecule has 3 saturated heterocycles. The monoisotopic (exact) mass is 586 g/mol. The van der Waals surface area contributed by atoms with Crippen molar-refractivity contribution in [1.29, 1.82) is 0 Å². The van der Waals surface area contributed by atoms with E-state index >= 15 is 0 Å². The zero-order valence-corrected chi connectivity index (χ0v) is 23.6. The molecule has 4 aliphatic heterocycles. The number of carboxylic acid groups (broad SMARTS) is 1. The molecule has 0 aromatic carbocycles. The van der Waals surface area contributed by atoms with E-state index in [-0.39, 0.29) is 28.8 Å². The SMILES string of the molecule is Cn1cncc1CO/N=C(\C(=O)N[C@@H]1C(=O)N2C(C(=O)[O-])=C(C[N+]34CCCC3CCC4)CS[C@H]12)c1csc(N)n1. The van der Waals surface area contributed by atoms with Gasteiger partial charge in [0.15, 0.2) is 17.5 Å². The maximum Gasteiger partial charge on any atom is 0.276 e. The summed E-state index contributed by atoms with van der Waals surface area (Å²) in [6.07, 6.45) is 7.86. The summed E-state index contributed by atoms with van der Waals surface area (Å²) in [5.41, 5.74) is 7.30. The quantitative estimate of drug-likeness (QED) is 0.171. The number of carbonyl (C=O) groups excluding carboxylic acids is 3. The van der Waals surface area contributed by atoms with Crippen molar-refractivity contribution >= 4 is 51.7 Å². The van der Waals surface area contributed by atoms with Crippen molar-refractivity contribution < 1.29 is 28.8 Å². The molecule has 2 aromatic rings. The van der Waals surface area contributed by atoms with Crippen LogP contribution in [-0.2, 0) is 32.9 Å². The lowest BCUT2D eigenvalue weighted by molar-refractivity contribution is -0.922. The average molecular weight is 587 g/mol. The van der Waals surface area contributed by atoms with Crippen LogP contribution >= 0.6 is 23.1 Å². The van der Waals surface area contributed by atoms with Crippen LogP contribution in [-0.4, -0.2) is 90.3 Å². The van der Waals surface area contributed by atoms with E-state index in [1.807, 2.05) is 0 Å². The molecule has 0 aliphatic carbocycles. The number of fused-ring (bicyclic) bond motifs is 2. The van der Waals surface area contributed by atoms with Gasteiger partial charge >= 0.3 is 0 Å². The topological polar surface area (TPSA) is 168 Å². The van der Waals surface area contributed by atoms with Gasteiger partial charge < -0.3 is 34.8 Å². The van der Waals surface area contributed by atoms with Gasteiger partial charge in [0.25, 0.3) is 11.8 Å². The standard InChI is InChI=1S/C25H30N8O5S2/c1-31-13-27-8-15(31)10-38-30-18(17-12-40-25(26)28-17)21(34)29-19-22(35)32-20(24(36)37)14(11-39-23(19)32)9-33-6-2-4-16(33)5-3-7-33/h8,12-13,16,19,23H,2-7,9-11H2,1H3,(H3-,26,28,29,34,36,37)/b30-18-/t16?,19-,23-,33?/m1/s1. The van der Waals surface area contributed by atoms with Gasteiger partial charge in [0.05, 0.1) is 49.0 Å². The Kier molecular flexibility index (Phi) is 7.04. The molecule has 3 fully saturated rings. The van der Waals surface area contributed by atoms with Gasteiger partial charge in [-0.05, 0) is 0 Å². The molecular formula is C25H30N8O5S2. The van der Waals surface area contributed by atoms with Crippen LogP contribution in [0.15, 0.2) is 34.3 Å². The highest BCUT2D eigenvalue weighted by molar-refractivity contribution is 8.00. The van der Waals surface area contributed by atoms with E-state index in [0.717, 1.165) is 53.0 Å². The number of nitrogens with zero attached hydrogens (tertiary/aromatic N) is 6. The van der Waals surface area contributed by atoms with Gasteiger partial charge in [0.2, 0.25) is 0 Å². The molecule has 15 heteroatoms. The van der Waals surface area contributed by atoms with Crippen molar-refractivity contribution in [3.05, 3.63) is 40.6 Å². The van der Waals surface area contributed by atoms with Crippen molar-refractivity contribution in [1.82, 2.24) is 24.8 Å². The molecule has 0 spiro atoms. The number of nitrogens with one attached hydrogen (secondary N) is 1. The van der Waals surface area contributed by atoms with Gasteiger partial charge in [-0.2, -0.15) is 0 Å². The molecule has 0 saturated carbocycles. The van der Waals surface area contributed by atoms with Crippen LogP contribution in [0, 0.1) is 0 Å². The normalized spacial score (nSPS) is 27.8. The van der Waals surface area contributed by atoms with Crippen LogP contribution in [0.1, 0.15) is 37.1 Å². The first-order valence-corrected chi connectivity index (χ1v) is 15.1. The van der Waals surface area contributed by atoms with Gasteiger partial charge in [-0.25, -0.2) is 9.97 Å². The molecule has 2 amide bonds. The van der Waals surface area contributed by atoms with E-state index in [9.17, 15) is 19.5 Å². The van der Waals surface area contributed by atoms with Gasteiger partial charge in [0.1, 0.15) is 23.7 Å². The van der Waals surface area contributed by atoms with Crippen molar-refractivity contribution in [2.75, 3.05) is 31.1 Å². The minimum Gasteiger partial charge on any atom is -0.543 e. The van der Waals surface area contributed by atoms with Crippen LogP contribution in [0.3, 0.4) is 0 Å². The Balaban J connectivity index is 1.19. The Bertz CT molecular complexity index is 1410. The summed E-state index contributed by atoms with van der Waals surface area (Å²) in [4.78, 5) is 53.8. The predicted molar refractivity (Wildman–Crippen MR) is 145 cm³/mol. The summed E-state index contributed by atoms with van der Waals surface area (Å²) in [5.74, 6) is -2.05. The summed E-state index contributed by atoms with van der Waals surface area (Å²) >= 11 is 2.60. The first-order valence-electron chi connectivity index (χ1n) is 13.2. The lowest BCUT2D eigenvalue weighted by Crippen LogP contribution is -2.72. The second kappa shape index (κ2) is 10.5. The Morgan fingerprint density at radius 1 is 1.32 bits per heavy atom. The molecule has 3 N–H and O–H groups in total. The summed E-state index contributed by atoms with van der Waals surface area (Å²) in [6.45, 7) is 2.78. The molecule has 40 heavy (non-hydrogen) atoms. The number of oxime groups is 1. The molecule has 0 radical (unpaired) electrons. The molecule has 2 atom stereocenters. The number of nitrogen functional groups attached to an aromatic ring is 1. The molecule has 6 heterocycles. The number of hydrogen-bond acceptors (Lipinski definition) is 11. The van der Waals surface area contributed by atoms with E-state index < -0.39 is 29.2 Å². The number of carbonyl (C=O) groups is 3. The smallest absolute Gasteiger partial charge is 0.276 e. The highest BCUT2D eigenvalue weighted by Gasteiger charge is 2.55. The summed E-state index contributed by atoms with van der Waals surface area (Å²) < 4.78 is 2.67. The zero-order chi connectivity index (χ0) is 28.0. The molecule has 2 aromatic heterocycles. The third-order valence-electron chi connectivity index (χ3n) is 8.35. The number of nitrogens with two attached hydrogens (primary N) is 1. The van der Waals surface area contributed by atoms with Crippen LogP contribution in [0.2, 0.25) is 0 Å². The summed E-state index contributed by atoms with van der Waals surface area (Å²) in [5, 5.41) is 20.3. The first kappa shape index (κ1) is 26.8. The van der Waals surface area contributed by atoms with Crippen molar-refractivity contribution in [3.8, 4) is 0 Å². The molecule has 4 aliphatic rings. The number of hydrogen-bond donors (Lipinski definition) is 2. The number of carboxylic acids is 1. The molecule has 0 unspecified atom stereocenters. The third kappa shape index (κ3) is 4.65. The Morgan fingerprint density at radius 3 is 2.75 bits per heavy atom. The van der Waals surface area contributed by atoms with Gasteiger partial charge in [-0.3, -0.25) is 14.5 Å². The number of thioether (sulfide) groups is 1. The van der Waals surface area contributed by atoms with Crippen LogP contribution in [0.4, 0.5) is 5.13 Å². The largest absolute Gasteiger partial charge is 0.543 e. The van der Waals surface area contributed by atoms with Crippen molar-refractivity contribution in [3.63, 3.8) is 0 Å². The number of thiazole rings is 1. The van der Waals surface area contributed by atoms with Crippen LogP contribution in [0.5, 0.6) is 0 Å². The maximum atomic E-state index is 13.3. The number of amides is 2. The molecule has 13 nitrogen and oxygen atoms in total. The number of rotatable bonds is 9. The lowest BCUT2D eigenvalue weighted by atomic mass is 10.0. The summed E-state index contributed by atoms with van der Waals surface area (Å²) in [6, 6.07) is -0.361. The number of anilines is 1. The van der Waals surface area contributed by atoms with Crippen LogP contribution < -0.4 is 16.2 Å². The number of aliphatic carboxylic acids is 1. The Hall–Kier alpha value is -3.43. The van der Waals surface area contributed by atoms with E-state index in [1.54, 1.807) is 29.5 Å². The molecule has 212 valence electrons. The minimum absolute atomic E-state index is 0.0371. The average Bonchev–Trinajstić information content (AvgIpc) is 3.70. The first-order chi connectivity index (χ1) is 19.3. The third-order valence-corrected chi connectivity index (χ3v) is 10.4. The second-order valence-electron chi connectivity index (χ2n) is 10.6. The maximum absolute atomic E-state index is 13.3. The predicted octanol–water partition coefficient (Wildman–Crippen LogP) is -0.443. The second-order valence-corrected chi connectivity index (χ2v) is 12.6. The minimum atomic E-state index is -1.35. The molecular weight excluding hydrogens is 556 g/mol. The number of aryl methyl sites for hydroxylation is 1. The van der Waals surface area contributed by atoms with Crippen molar-refractivity contribution in [2.45, 2.75) is 49.7 Å². The zero-order valence-electron chi connectivity index (χ0n) is 21.9. The fourth-order valence-electron chi connectivity index (χ4n) is 6.41. The van der Waals surface area contributed by atoms with E-state index in [2.05, 4.69) is 20.4 Å². The number of β-lactam (4-membered cyclic amide) rings is 1. The summed E-state index contributed by atoms with van der Waals surface area (Å²) in [7, 11) is 1.80. The molecule has 6 rings (SSSR count). The fourth-order valence-corrected chi connectivity index (χ4v) is 8.29. The van der Waals surface area contributed by atoms with E-state index in [1.165, 1.54) is 29.5 Å². The lowest BCUT2D eigenvalue weighted by Gasteiger charge is -2.51. The van der Waals surface area contributed by atoms with Gasteiger partial charge in [-0.15, -0.1) is 23.1 Å².